The Morgan fingerprint density at radius 3 is 2.43 bits per heavy atom. The Morgan fingerprint density at radius 1 is 1.03 bits per heavy atom. The summed E-state index contributed by atoms with van der Waals surface area (Å²) in [7, 11) is 0. The number of anilines is 1. The highest BCUT2D eigenvalue weighted by Gasteiger charge is 2.12. The zero-order valence-electron chi connectivity index (χ0n) is 17.0. The standard InChI is InChI=1S/C24H24N4OS/c1-18-17-26-23(27-24(18)30-22-8-4-19(5-9-22)10-11-25)16-20-2-6-21(7-3-20)28-12-14-29-15-13-28/h2-9,17H,10,12-16H2,1H3. The summed E-state index contributed by atoms with van der Waals surface area (Å²) in [6.07, 6.45) is 3.04. The number of rotatable bonds is 6. The lowest BCUT2D eigenvalue weighted by molar-refractivity contribution is 0.122. The molecule has 0 N–H and O–H groups in total. The quantitative estimate of drug-likeness (QED) is 0.554. The maximum atomic E-state index is 8.81. The predicted octanol–water partition coefficient (Wildman–Crippen LogP) is 4.43. The first-order chi connectivity index (χ1) is 14.7. The van der Waals surface area contributed by atoms with Gasteiger partial charge in [0.15, 0.2) is 0 Å². The van der Waals surface area contributed by atoms with Crippen molar-refractivity contribution in [1.29, 1.82) is 5.26 Å². The SMILES string of the molecule is Cc1cnc(Cc2ccc(N3CCOCC3)cc2)nc1Sc1ccc(CC#N)cc1. The molecule has 0 spiro atoms. The molecule has 0 aliphatic carbocycles. The number of nitriles is 1. The van der Waals surface area contributed by atoms with E-state index in [9.17, 15) is 0 Å². The van der Waals surface area contributed by atoms with Crippen molar-refractivity contribution in [3.05, 3.63) is 77.2 Å². The van der Waals surface area contributed by atoms with Gasteiger partial charge in [0.05, 0.1) is 25.7 Å². The van der Waals surface area contributed by atoms with Crippen LogP contribution in [-0.2, 0) is 17.6 Å². The number of aryl methyl sites for hydroxylation is 1. The van der Waals surface area contributed by atoms with Crippen LogP contribution in [0.15, 0.2) is 64.6 Å². The van der Waals surface area contributed by atoms with Gasteiger partial charge in [-0.3, -0.25) is 0 Å². The average Bonchev–Trinajstić information content (AvgIpc) is 2.79. The highest BCUT2D eigenvalue weighted by atomic mass is 32.2. The van der Waals surface area contributed by atoms with E-state index < -0.39 is 0 Å². The fraction of sp³-hybridized carbons (Fsp3) is 0.292. The Kier molecular flexibility index (Phi) is 6.63. The number of ether oxygens (including phenoxy) is 1. The van der Waals surface area contributed by atoms with E-state index >= 15 is 0 Å². The first kappa shape index (κ1) is 20.4. The van der Waals surface area contributed by atoms with E-state index in [-0.39, 0.29) is 0 Å². The third-order valence-corrected chi connectivity index (χ3v) is 6.19. The minimum Gasteiger partial charge on any atom is -0.378 e. The second kappa shape index (κ2) is 9.75. The molecule has 3 aromatic rings. The molecule has 2 aromatic carbocycles. The Bertz CT molecular complexity index is 1020. The summed E-state index contributed by atoms with van der Waals surface area (Å²) in [5, 5.41) is 9.78. The molecule has 0 saturated carbocycles. The topological polar surface area (TPSA) is 62.0 Å². The minimum absolute atomic E-state index is 0.436. The van der Waals surface area contributed by atoms with Gasteiger partial charge in [-0.1, -0.05) is 36.0 Å². The second-order valence-corrected chi connectivity index (χ2v) is 8.36. The van der Waals surface area contributed by atoms with Crippen LogP contribution in [0.3, 0.4) is 0 Å². The Labute approximate surface area is 181 Å². The van der Waals surface area contributed by atoms with Gasteiger partial charge in [-0.2, -0.15) is 5.26 Å². The van der Waals surface area contributed by atoms with Crippen LogP contribution in [0.5, 0.6) is 0 Å². The van der Waals surface area contributed by atoms with Crippen molar-refractivity contribution in [3.63, 3.8) is 0 Å². The molecule has 2 heterocycles. The molecule has 1 fully saturated rings. The number of morpholine rings is 1. The molecule has 5 nitrogen and oxygen atoms in total. The van der Waals surface area contributed by atoms with Crippen molar-refractivity contribution in [2.75, 3.05) is 31.2 Å². The molecule has 1 aliphatic rings. The molecule has 6 heteroatoms. The zero-order valence-corrected chi connectivity index (χ0v) is 17.9. The first-order valence-corrected chi connectivity index (χ1v) is 10.9. The lowest BCUT2D eigenvalue weighted by atomic mass is 10.1. The van der Waals surface area contributed by atoms with Gasteiger partial charge in [0.2, 0.25) is 0 Å². The van der Waals surface area contributed by atoms with E-state index in [2.05, 4.69) is 40.2 Å². The smallest absolute Gasteiger partial charge is 0.133 e. The third-order valence-electron chi connectivity index (χ3n) is 5.07. The fourth-order valence-electron chi connectivity index (χ4n) is 3.36. The van der Waals surface area contributed by atoms with Crippen LogP contribution in [0.1, 0.15) is 22.5 Å². The van der Waals surface area contributed by atoms with E-state index in [0.29, 0.717) is 12.8 Å². The van der Waals surface area contributed by atoms with Crippen LogP contribution >= 0.6 is 11.8 Å². The van der Waals surface area contributed by atoms with Crippen molar-refractivity contribution < 1.29 is 4.74 Å². The molecule has 0 unspecified atom stereocenters. The molecule has 152 valence electrons. The summed E-state index contributed by atoms with van der Waals surface area (Å²) in [5.74, 6) is 0.823. The number of hydrogen-bond acceptors (Lipinski definition) is 6. The molecule has 1 saturated heterocycles. The van der Waals surface area contributed by atoms with Gasteiger partial charge in [-0.25, -0.2) is 9.97 Å². The van der Waals surface area contributed by atoms with Crippen LogP contribution in [0.25, 0.3) is 0 Å². The van der Waals surface area contributed by atoms with E-state index in [0.717, 1.165) is 53.2 Å². The van der Waals surface area contributed by atoms with Crippen LogP contribution in [0.2, 0.25) is 0 Å². The molecule has 0 radical (unpaired) electrons. The van der Waals surface area contributed by atoms with Crippen LogP contribution in [-0.4, -0.2) is 36.3 Å². The van der Waals surface area contributed by atoms with Gasteiger partial charge in [-0.15, -0.1) is 0 Å². The highest BCUT2D eigenvalue weighted by molar-refractivity contribution is 7.99. The maximum Gasteiger partial charge on any atom is 0.133 e. The third kappa shape index (κ3) is 5.18. The highest BCUT2D eigenvalue weighted by Crippen LogP contribution is 2.29. The van der Waals surface area contributed by atoms with Gasteiger partial charge < -0.3 is 9.64 Å². The van der Waals surface area contributed by atoms with Crippen molar-refractivity contribution in [3.8, 4) is 6.07 Å². The summed E-state index contributed by atoms with van der Waals surface area (Å²) in [4.78, 5) is 12.8. The average molecular weight is 417 g/mol. The van der Waals surface area contributed by atoms with Gasteiger partial charge in [0, 0.05) is 36.3 Å². The second-order valence-electron chi connectivity index (χ2n) is 7.30. The van der Waals surface area contributed by atoms with E-state index in [1.807, 2.05) is 37.4 Å². The monoisotopic (exact) mass is 416 g/mol. The van der Waals surface area contributed by atoms with Crippen molar-refractivity contribution >= 4 is 17.4 Å². The van der Waals surface area contributed by atoms with E-state index in [1.165, 1.54) is 11.3 Å². The molecule has 1 aromatic heterocycles. The molecular weight excluding hydrogens is 392 g/mol. The summed E-state index contributed by atoms with van der Waals surface area (Å²) in [5.41, 5.74) is 4.53. The van der Waals surface area contributed by atoms with E-state index in [1.54, 1.807) is 11.8 Å². The fourth-order valence-corrected chi connectivity index (χ4v) is 4.22. The van der Waals surface area contributed by atoms with Crippen molar-refractivity contribution in [2.45, 2.75) is 29.7 Å². The number of benzene rings is 2. The van der Waals surface area contributed by atoms with Crippen LogP contribution in [0, 0.1) is 18.3 Å². The van der Waals surface area contributed by atoms with Crippen molar-refractivity contribution in [1.82, 2.24) is 9.97 Å². The van der Waals surface area contributed by atoms with Gasteiger partial charge >= 0.3 is 0 Å². The molecule has 0 bridgehead atoms. The van der Waals surface area contributed by atoms with E-state index in [4.69, 9.17) is 15.0 Å². The Balaban J connectivity index is 1.44. The minimum atomic E-state index is 0.436. The molecule has 30 heavy (non-hydrogen) atoms. The summed E-state index contributed by atoms with van der Waals surface area (Å²) >= 11 is 1.63. The van der Waals surface area contributed by atoms with Crippen molar-refractivity contribution in [2.24, 2.45) is 0 Å². The lowest BCUT2D eigenvalue weighted by Crippen LogP contribution is -2.36. The van der Waals surface area contributed by atoms with Gasteiger partial charge in [0.25, 0.3) is 0 Å². The number of nitrogens with zero attached hydrogens (tertiary/aromatic N) is 4. The normalized spacial score (nSPS) is 13.8. The molecule has 1 aliphatic heterocycles. The van der Waals surface area contributed by atoms with Crippen LogP contribution < -0.4 is 4.90 Å². The zero-order chi connectivity index (χ0) is 20.8. The van der Waals surface area contributed by atoms with Gasteiger partial charge in [0.1, 0.15) is 10.9 Å². The largest absolute Gasteiger partial charge is 0.378 e. The maximum absolute atomic E-state index is 8.81. The molecule has 0 atom stereocenters. The summed E-state index contributed by atoms with van der Waals surface area (Å²) in [6, 6.07) is 18.9. The lowest BCUT2D eigenvalue weighted by Gasteiger charge is -2.28. The number of aromatic nitrogens is 2. The van der Waals surface area contributed by atoms with Gasteiger partial charge in [-0.05, 0) is 47.9 Å². The molecular formula is C24H24N4OS. The summed E-state index contributed by atoms with van der Waals surface area (Å²) < 4.78 is 5.43. The first-order valence-electron chi connectivity index (χ1n) is 10.1. The molecule has 0 amide bonds. The number of hydrogen-bond donors (Lipinski definition) is 0. The Morgan fingerprint density at radius 2 is 1.73 bits per heavy atom. The Hall–Kier alpha value is -2.88. The summed E-state index contributed by atoms with van der Waals surface area (Å²) in [6.45, 7) is 5.51. The molecule has 4 rings (SSSR count). The predicted molar refractivity (Wildman–Crippen MR) is 119 cm³/mol. The van der Waals surface area contributed by atoms with Crippen LogP contribution in [0.4, 0.5) is 5.69 Å².